The van der Waals surface area contributed by atoms with E-state index in [0.29, 0.717) is 11.8 Å². The lowest BCUT2D eigenvalue weighted by Gasteiger charge is -2.24. The molecule has 0 saturated carbocycles. The van der Waals surface area contributed by atoms with E-state index in [1.807, 2.05) is 4.57 Å². The van der Waals surface area contributed by atoms with Gasteiger partial charge < -0.3 is 15.2 Å². The number of nitrogens with zero attached hydrogens (tertiary/aromatic N) is 2. The average molecular weight is 197 g/mol. The van der Waals surface area contributed by atoms with E-state index in [9.17, 15) is 0 Å². The highest BCUT2D eigenvalue weighted by Crippen LogP contribution is 2.27. The van der Waals surface area contributed by atoms with Gasteiger partial charge in [0.2, 0.25) is 0 Å². The van der Waals surface area contributed by atoms with Crippen molar-refractivity contribution in [1.82, 2.24) is 9.55 Å². The first-order chi connectivity index (χ1) is 6.81. The van der Waals surface area contributed by atoms with Crippen LogP contribution in [-0.2, 0) is 4.74 Å². The van der Waals surface area contributed by atoms with Gasteiger partial charge in [-0.05, 0) is 19.3 Å². The highest BCUT2D eigenvalue weighted by molar-refractivity contribution is 5.28. The van der Waals surface area contributed by atoms with Crippen molar-refractivity contribution in [3.63, 3.8) is 0 Å². The Morgan fingerprint density at radius 2 is 2.50 bits per heavy atom. The number of ether oxygens (including phenoxy) is 2. The third-order valence-electron chi connectivity index (χ3n) is 2.37. The number of anilines is 1. The molecule has 2 heterocycles. The predicted molar refractivity (Wildman–Crippen MR) is 52.0 cm³/mol. The molecule has 1 atom stereocenters. The van der Waals surface area contributed by atoms with Crippen LogP contribution in [0, 0.1) is 0 Å². The Morgan fingerprint density at radius 1 is 1.64 bits per heavy atom. The van der Waals surface area contributed by atoms with Gasteiger partial charge in [0.25, 0.3) is 6.01 Å². The van der Waals surface area contributed by atoms with Gasteiger partial charge in [-0.2, -0.15) is 4.98 Å². The highest BCUT2D eigenvalue weighted by atomic mass is 16.5. The summed E-state index contributed by atoms with van der Waals surface area (Å²) in [5.41, 5.74) is 5.59. The standard InChI is InChI=1S/C9H15N3O2/c1-13-9-11-7(10)6-12(9)8-4-2-3-5-14-8/h6,8H,2-5,10H2,1H3. The molecule has 1 saturated heterocycles. The summed E-state index contributed by atoms with van der Waals surface area (Å²) in [5, 5.41) is 0. The van der Waals surface area contributed by atoms with Crippen molar-refractivity contribution in [2.24, 2.45) is 0 Å². The lowest BCUT2D eigenvalue weighted by atomic mass is 10.2. The summed E-state index contributed by atoms with van der Waals surface area (Å²) in [5.74, 6) is 0.469. The SMILES string of the molecule is COc1nc(N)cn1C1CCCCO1. The van der Waals surface area contributed by atoms with Gasteiger partial charge in [-0.15, -0.1) is 0 Å². The van der Waals surface area contributed by atoms with Crippen LogP contribution < -0.4 is 10.5 Å². The van der Waals surface area contributed by atoms with E-state index in [2.05, 4.69) is 4.98 Å². The lowest BCUT2D eigenvalue weighted by molar-refractivity contribution is -0.0356. The van der Waals surface area contributed by atoms with E-state index in [1.165, 1.54) is 6.42 Å². The summed E-state index contributed by atoms with van der Waals surface area (Å²) < 4.78 is 12.6. The fraction of sp³-hybridized carbons (Fsp3) is 0.667. The van der Waals surface area contributed by atoms with Gasteiger partial charge in [-0.25, -0.2) is 0 Å². The van der Waals surface area contributed by atoms with E-state index < -0.39 is 0 Å². The molecule has 0 radical (unpaired) electrons. The number of aromatic nitrogens is 2. The van der Waals surface area contributed by atoms with Crippen LogP contribution >= 0.6 is 0 Å². The Morgan fingerprint density at radius 3 is 3.14 bits per heavy atom. The molecule has 5 heteroatoms. The number of rotatable bonds is 2. The molecule has 5 nitrogen and oxygen atoms in total. The average Bonchev–Trinajstić information content (AvgIpc) is 2.61. The molecule has 1 aliphatic rings. The molecule has 1 aromatic rings. The smallest absolute Gasteiger partial charge is 0.300 e. The van der Waals surface area contributed by atoms with Crippen LogP contribution in [0.25, 0.3) is 0 Å². The molecule has 1 aromatic heterocycles. The van der Waals surface area contributed by atoms with Crippen molar-refractivity contribution in [1.29, 1.82) is 0 Å². The maximum absolute atomic E-state index is 5.61. The molecule has 0 spiro atoms. The molecule has 0 aromatic carbocycles. The second kappa shape index (κ2) is 3.88. The van der Waals surface area contributed by atoms with Crippen LogP contribution in [0.2, 0.25) is 0 Å². The number of nitrogen functional groups attached to an aromatic ring is 1. The Labute approximate surface area is 82.8 Å². The van der Waals surface area contributed by atoms with E-state index in [1.54, 1.807) is 13.3 Å². The summed E-state index contributed by atoms with van der Waals surface area (Å²) in [6.07, 6.45) is 5.08. The normalized spacial score (nSPS) is 22.2. The zero-order chi connectivity index (χ0) is 9.97. The minimum absolute atomic E-state index is 0.0310. The summed E-state index contributed by atoms with van der Waals surface area (Å²) in [6.45, 7) is 0.798. The minimum atomic E-state index is 0.0310. The monoisotopic (exact) mass is 197 g/mol. The largest absolute Gasteiger partial charge is 0.468 e. The molecule has 78 valence electrons. The first kappa shape index (κ1) is 9.33. The second-order valence-corrected chi connectivity index (χ2v) is 3.38. The fourth-order valence-corrected chi connectivity index (χ4v) is 1.70. The van der Waals surface area contributed by atoms with Gasteiger partial charge in [0, 0.05) is 6.61 Å². The molecule has 1 fully saturated rings. The van der Waals surface area contributed by atoms with Gasteiger partial charge in [0.1, 0.15) is 12.0 Å². The minimum Gasteiger partial charge on any atom is -0.468 e. The van der Waals surface area contributed by atoms with Crippen LogP contribution in [0.5, 0.6) is 6.01 Å². The number of hydrogen-bond acceptors (Lipinski definition) is 4. The van der Waals surface area contributed by atoms with Gasteiger partial charge >= 0.3 is 0 Å². The summed E-state index contributed by atoms with van der Waals surface area (Å²) in [7, 11) is 1.58. The molecule has 0 bridgehead atoms. The maximum Gasteiger partial charge on any atom is 0.300 e. The van der Waals surface area contributed by atoms with Gasteiger partial charge in [0.05, 0.1) is 13.3 Å². The molecule has 0 amide bonds. The Hall–Kier alpha value is -1.23. The van der Waals surface area contributed by atoms with Crippen LogP contribution in [0.4, 0.5) is 5.82 Å². The van der Waals surface area contributed by atoms with Crippen molar-refractivity contribution in [3.05, 3.63) is 6.20 Å². The third-order valence-corrected chi connectivity index (χ3v) is 2.37. The molecule has 2 rings (SSSR count). The van der Waals surface area contributed by atoms with Crippen molar-refractivity contribution >= 4 is 5.82 Å². The van der Waals surface area contributed by atoms with E-state index in [0.717, 1.165) is 19.4 Å². The molecular weight excluding hydrogens is 182 g/mol. The molecule has 14 heavy (non-hydrogen) atoms. The molecule has 2 N–H and O–H groups in total. The molecular formula is C9H15N3O2. The van der Waals surface area contributed by atoms with Gasteiger partial charge in [-0.3, -0.25) is 4.57 Å². The quantitative estimate of drug-likeness (QED) is 0.773. The van der Waals surface area contributed by atoms with Gasteiger partial charge in [-0.1, -0.05) is 0 Å². The zero-order valence-electron chi connectivity index (χ0n) is 8.27. The molecule has 1 unspecified atom stereocenters. The molecule has 1 aliphatic heterocycles. The van der Waals surface area contributed by atoms with Crippen molar-refractivity contribution in [2.45, 2.75) is 25.5 Å². The number of imidazole rings is 1. The van der Waals surface area contributed by atoms with Crippen molar-refractivity contribution in [3.8, 4) is 6.01 Å². The van der Waals surface area contributed by atoms with Crippen LogP contribution in [0.15, 0.2) is 6.20 Å². The fourth-order valence-electron chi connectivity index (χ4n) is 1.70. The van der Waals surface area contributed by atoms with Crippen LogP contribution in [0.3, 0.4) is 0 Å². The Balaban J connectivity index is 2.20. The van der Waals surface area contributed by atoms with Crippen molar-refractivity contribution in [2.75, 3.05) is 19.5 Å². The Kier molecular flexibility index (Phi) is 2.58. The van der Waals surface area contributed by atoms with E-state index in [-0.39, 0.29) is 6.23 Å². The number of nitrogens with two attached hydrogens (primary N) is 1. The summed E-state index contributed by atoms with van der Waals surface area (Å²) in [4.78, 5) is 4.04. The second-order valence-electron chi connectivity index (χ2n) is 3.38. The number of methoxy groups -OCH3 is 1. The first-order valence-electron chi connectivity index (χ1n) is 4.81. The van der Waals surface area contributed by atoms with Crippen LogP contribution in [0.1, 0.15) is 25.5 Å². The van der Waals surface area contributed by atoms with Gasteiger partial charge in [0.15, 0.2) is 0 Å². The topological polar surface area (TPSA) is 62.3 Å². The van der Waals surface area contributed by atoms with Crippen molar-refractivity contribution < 1.29 is 9.47 Å². The summed E-state index contributed by atoms with van der Waals surface area (Å²) >= 11 is 0. The Bertz CT molecular complexity index is 305. The summed E-state index contributed by atoms with van der Waals surface area (Å²) in [6, 6.07) is 0.523. The maximum atomic E-state index is 5.61. The zero-order valence-corrected chi connectivity index (χ0v) is 8.27. The lowest BCUT2D eigenvalue weighted by Crippen LogP contribution is -2.18. The van der Waals surface area contributed by atoms with E-state index >= 15 is 0 Å². The third kappa shape index (κ3) is 1.68. The predicted octanol–water partition coefficient (Wildman–Crippen LogP) is 1.17. The van der Waals surface area contributed by atoms with Crippen LogP contribution in [-0.4, -0.2) is 23.3 Å². The van der Waals surface area contributed by atoms with E-state index in [4.69, 9.17) is 15.2 Å². The molecule has 0 aliphatic carbocycles. The number of hydrogen-bond donors (Lipinski definition) is 1. The highest BCUT2D eigenvalue weighted by Gasteiger charge is 2.19. The first-order valence-corrected chi connectivity index (χ1v) is 4.81.